The second kappa shape index (κ2) is 4.29. The van der Waals surface area contributed by atoms with Gasteiger partial charge in [0.25, 0.3) is 0 Å². The van der Waals surface area contributed by atoms with Crippen LogP contribution in [0.25, 0.3) is 5.57 Å². The van der Waals surface area contributed by atoms with Crippen LogP contribution in [0.1, 0.15) is 11.1 Å². The zero-order valence-corrected chi connectivity index (χ0v) is 8.01. The number of carbonyl (C=O) groups is 1. The van der Waals surface area contributed by atoms with Crippen molar-refractivity contribution in [2.45, 2.75) is 13.1 Å². The normalized spacial score (nSPS) is 12.7. The maximum Gasteiger partial charge on any atom is 0.417 e. The molecule has 0 N–H and O–H groups in total. The number of alkyl halides is 3. The van der Waals surface area contributed by atoms with Gasteiger partial charge in [0.1, 0.15) is 6.29 Å². The molecular formula is C11H9F3O. The number of allylic oxidation sites excluding steroid dienone is 2. The van der Waals surface area contributed by atoms with Gasteiger partial charge in [0.05, 0.1) is 5.57 Å². The Hall–Kier alpha value is -1.58. The average Bonchev–Trinajstić information content (AvgIpc) is 2.14. The Morgan fingerprint density at radius 3 is 2.13 bits per heavy atom. The fourth-order valence-corrected chi connectivity index (χ4v) is 1.16. The molecule has 1 aromatic carbocycles. The van der Waals surface area contributed by atoms with Crippen LogP contribution < -0.4 is 0 Å². The molecule has 4 heteroatoms. The Morgan fingerprint density at radius 2 is 1.73 bits per heavy atom. The van der Waals surface area contributed by atoms with Crippen molar-refractivity contribution in [3.05, 3.63) is 41.5 Å². The minimum atomic E-state index is -4.50. The predicted molar refractivity (Wildman–Crippen MR) is 51.3 cm³/mol. The van der Waals surface area contributed by atoms with Gasteiger partial charge in [0, 0.05) is 0 Å². The Bertz CT molecular complexity index is 374. The smallest absolute Gasteiger partial charge is 0.299 e. The summed E-state index contributed by atoms with van der Waals surface area (Å²) in [4.78, 5) is 10.1. The number of aryl methyl sites for hydroxylation is 1. The summed E-state index contributed by atoms with van der Waals surface area (Å²) in [5.41, 5.74) is -0.0518. The van der Waals surface area contributed by atoms with Crippen LogP contribution in [0.15, 0.2) is 30.3 Å². The van der Waals surface area contributed by atoms with Gasteiger partial charge in [-0.1, -0.05) is 29.8 Å². The molecule has 0 aliphatic carbocycles. The SMILES string of the molecule is Cc1ccc(/C(=C\C=O)C(F)(F)F)cc1. The van der Waals surface area contributed by atoms with E-state index in [2.05, 4.69) is 0 Å². The highest BCUT2D eigenvalue weighted by Gasteiger charge is 2.34. The van der Waals surface area contributed by atoms with Crippen molar-refractivity contribution in [1.29, 1.82) is 0 Å². The van der Waals surface area contributed by atoms with Crippen molar-refractivity contribution in [2.24, 2.45) is 0 Å². The van der Waals surface area contributed by atoms with Crippen molar-refractivity contribution in [1.82, 2.24) is 0 Å². The summed E-state index contributed by atoms with van der Waals surface area (Å²) in [5.74, 6) is 0. The molecule has 0 amide bonds. The topological polar surface area (TPSA) is 17.1 Å². The summed E-state index contributed by atoms with van der Waals surface area (Å²) < 4.78 is 37.4. The summed E-state index contributed by atoms with van der Waals surface area (Å²) in [6.45, 7) is 1.78. The highest BCUT2D eigenvalue weighted by molar-refractivity contribution is 5.83. The van der Waals surface area contributed by atoms with E-state index in [9.17, 15) is 18.0 Å². The van der Waals surface area contributed by atoms with Crippen LogP contribution >= 0.6 is 0 Å². The third kappa shape index (κ3) is 2.94. The molecule has 0 saturated carbocycles. The zero-order valence-electron chi connectivity index (χ0n) is 8.01. The first kappa shape index (κ1) is 11.5. The molecule has 0 spiro atoms. The maximum atomic E-state index is 12.5. The van der Waals surface area contributed by atoms with E-state index in [1.54, 1.807) is 19.1 Å². The van der Waals surface area contributed by atoms with Gasteiger partial charge in [-0.3, -0.25) is 4.79 Å². The monoisotopic (exact) mass is 214 g/mol. The molecule has 0 aromatic heterocycles. The molecule has 0 fully saturated rings. The summed E-state index contributed by atoms with van der Waals surface area (Å²) in [6, 6.07) is 5.83. The number of halogens is 3. The molecule has 0 saturated heterocycles. The lowest BCUT2D eigenvalue weighted by molar-refractivity contribution is -0.104. The zero-order chi connectivity index (χ0) is 11.5. The summed E-state index contributed by atoms with van der Waals surface area (Å²) >= 11 is 0. The van der Waals surface area contributed by atoms with Gasteiger partial charge < -0.3 is 0 Å². The van der Waals surface area contributed by atoms with E-state index in [0.717, 1.165) is 5.56 Å². The third-order valence-corrected chi connectivity index (χ3v) is 1.90. The molecule has 0 radical (unpaired) electrons. The molecule has 0 unspecified atom stereocenters. The number of hydrogen-bond donors (Lipinski definition) is 0. The molecule has 0 aliphatic rings. The third-order valence-electron chi connectivity index (χ3n) is 1.90. The fraction of sp³-hybridized carbons (Fsp3) is 0.182. The van der Waals surface area contributed by atoms with E-state index in [4.69, 9.17) is 0 Å². The molecule has 0 atom stereocenters. The first-order valence-corrected chi connectivity index (χ1v) is 4.25. The fourth-order valence-electron chi connectivity index (χ4n) is 1.16. The van der Waals surface area contributed by atoms with Crippen molar-refractivity contribution >= 4 is 11.9 Å². The summed E-state index contributed by atoms with van der Waals surface area (Å²) in [5, 5.41) is 0. The van der Waals surface area contributed by atoms with E-state index in [0.29, 0.717) is 6.08 Å². The van der Waals surface area contributed by atoms with Crippen LogP contribution in [0.2, 0.25) is 0 Å². The second-order valence-corrected chi connectivity index (χ2v) is 3.08. The van der Waals surface area contributed by atoms with E-state index < -0.39 is 11.7 Å². The number of carbonyl (C=O) groups excluding carboxylic acids is 1. The number of benzene rings is 1. The average molecular weight is 214 g/mol. The van der Waals surface area contributed by atoms with Gasteiger partial charge in [-0.05, 0) is 18.6 Å². The minimum Gasteiger partial charge on any atom is -0.299 e. The van der Waals surface area contributed by atoms with Gasteiger partial charge in [0.2, 0.25) is 0 Å². The number of hydrogen-bond acceptors (Lipinski definition) is 1. The molecule has 15 heavy (non-hydrogen) atoms. The largest absolute Gasteiger partial charge is 0.417 e. The molecular weight excluding hydrogens is 205 g/mol. The van der Waals surface area contributed by atoms with Crippen LogP contribution in [0.4, 0.5) is 13.2 Å². The highest BCUT2D eigenvalue weighted by Crippen LogP contribution is 2.33. The van der Waals surface area contributed by atoms with E-state index in [1.807, 2.05) is 0 Å². The van der Waals surface area contributed by atoms with E-state index >= 15 is 0 Å². The highest BCUT2D eigenvalue weighted by atomic mass is 19.4. The van der Waals surface area contributed by atoms with Gasteiger partial charge in [-0.15, -0.1) is 0 Å². The lowest BCUT2D eigenvalue weighted by Crippen LogP contribution is -2.10. The van der Waals surface area contributed by atoms with Crippen LogP contribution in [0, 0.1) is 6.92 Å². The number of aldehydes is 1. The summed E-state index contributed by atoms with van der Waals surface area (Å²) in [6.07, 6.45) is -3.83. The Kier molecular flexibility index (Phi) is 3.29. The number of rotatable bonds is 2. The Morgan fingerprint density at radius 1 is 1.20 bits per heavy atom. The van der Waals surface area contributed by atoms with Crippen molar-refractivity contribution in [3.63, 3.8) is 0 Å². The molecule has 1 aromatic rings. The quantitative estimate of drug-likeness (QED) is 0.546. The second-order valence-electron chi connectivity index (χ2n) is 3.08. The van der Waals surface area contributed by atoms with Gasteiger partial charge in [-0.2, -0.15) is 13.2 Å². The van der Waals surface area contributed by atoms with Gasteiger partial charge >= 0.3 is 6.18 Å². The minimum absolute atomic E-state index is 0.000185. The van der Waals surface area contributed by atoms with E-state index in [-0.39, 0.29) is 11.8 Å². The predicted octanol–water partition coefficient (Wildman–Crippen LogP) is 3.14. The molecule has 0 bridgehead atoms. The van der Waals surface area contributed by atoms with Crippen molar-refractivity contribution < 1.29 is 18.0 Å². The Balaban J connectivity index is 3.17. The molecule has 1 rings (SSSR count). The first-order valence-electron chi connectivity index (χ1n) is 4.25. The molecule has 0 heterocycles. The molecule has 80 valence electrons. The van der Waals surface area contributed by atoms with Crippen LogP contribution in [-0.2, 0) is 4.79 Å². The van der Waals surface area contributed by atoms with Crippen LogP contribution in [-0.4, -0.2) is 12.5 Å². The lowest BCUT2D eigenvalue weighted by Gasteiger charge is -2.10. The molecule has 1 nitrogen and oxygen atoms in total. The summed E-state index contributed by atoms with van der Waals surface area (Å²) in [7, 11) is 0. The van der Waals surface area contributed by atoms with Gasteiger partial charge in [-0.25, -0.2) is 0 Å². The standard InChI is InChI=1S/C11H9F3O/c1-8-2-4-9(5-3-8)10(6-7-15)11(12,13)14/h2-7H,1H3/b10-6+. The van der Waals surface area contributed by atoms with Crippen LogP contribution in [0.3, 0.4) is 0 Å². The van der Waals surface area contributed by atoms with Crippen molar-refractivity contribution in [3.8, 4) is 0 Å². The Labute approximate surface area is 85.2 Å². The van der Waals surface area contributed by atoms with Crippen molar-refractivity contribution in [2.75, 3.05) is 0 Å². The van der Waals surface area contributed by atoms with E-state index in [1.165, 1.54) is 12.1 Å². The first-order chi connectivity index (χ1) is 6.95. The van der Waals surface area contributed by atoms with Crippen LogP contribution in [0.5, 0.6) is 0 Å². The maximum absolute atomic E-state index is 12.5. The molecule has 0 aliphatic heterocycles. The van der Waals surface area contributed by atoms with Gasteiger partial charge in [0.15, 0.2) is 0 Å². The lowest BCUT2D eigenvalue weighted by atomic mass is 10.0.